The van der Waals surface area contributed by atoms with Crippen molar-refractivity contribution in [2.45, 2.75) is 38.2 Å². The monoisotopic (exact) mass is 238 g/mol. The van der Waals surface area contributed by atoms with Crippen molar-refractivity contribution in [1.29, 1.82) is 0 Å². The highest BCUT2D eigenvalue weighted by Crippen LogP contribution is 2.20. The quantitative estimate of drug-likeness (QED) is 0.774. The number of ether oxygens (including phenoxy) is 1. The Labute approximate surface area is 101 Å². The minimum Gasteiger partial charge on any atom is -0.383 e. The van der Waals surface area contributed by atoms with Crippen LogP contribution in [0.5, 0.6) is 0 Å². The van der Waals surface area contributed by atoms with Gasteiger partial charge in [-0.05, 0) is 25.3 Å². The van der Waals surface area contributed by atoms with Crippen LogP contribution in [-0.2, 0) is 4.74 Å². The number of pyridine rings is 1. The number of halogens is 1. The smallest absolute Gasteiger partial charge is 0.164 e. The van der Waals surface area contributed by atoms with E-state index in [1.807, 2.05) is 0 Å². The van der Waals surface area contributed by atoms with Gasteiger partial charge in [-0.25, -0.2) is 4.39 Å². The van der Waals surface area contributed by atoms with Gasteiger partial charge in [-0.1, -0.05) is 12.8 Å². The topological polar surface area (TPSA) is 34.2 Å². The molecule has 0 atom stereocenters. The maximum Gasteiger partial charge on any atom is 0.164 e. The van der Waals surface area contributed by atoms with Crippen molar-refractivity contribution in [3.05, 3.63) is 24.3 Å². The first kappa shape index (κ1) is 12.3. The first-order chi connectivity index (χ1) is 8.36. The molecular formula is C13H19FN2O. The Kier molecular flexibility index (Phi) is 4.74. The number of anilines is 1. The van der Waals surface area contributed by atoms with Crippen molar-refractivity contribution in [2.24, 2.45) is 0 Å². The third kappa shape index (κ3) is 3.97. The molecule has 1 aliphatic rings. The molecule has 0 aliphatic heterocycles. The summed E-state index contributed by atoms with van der Waals surface area (Å²) in [5, 5.41) is 3.04. The van der Waals surface area contributed by atoms with Crippen LogP contribution in [0.15, 0.2) is 18.5 Å². The van der Waals surface area contributed by atoms with Crippen LogP contribution in [0.25, 0.3) is 0 Å². The van der Waals surface area contributed by atoms with Crippen molar-refractivity contribution in [3.8, 4) is 0 Å². The van der Waals surface area contributed by atoms with Gasteiger partial charge in [-0.3, -0.25) is 4.98 Å². The molecule has 3 nitrogen and oxygen atoms in total. The highest BCUT2D eigenvalue weighted by Gasteiger charge is 2.14. The Morgan fingerprint density at radius 1 is 1.41 bits per heavy atom. The molecule has 4 heteroatoms. The lowest BCUT2D eigenvalue weighted by Gasteiger charge is -2.11. The van der Waals surface area contributed by atoms with Crippen molar-refractivity contribution in [1.82, 2.24) is 4.98 Å². The Hall–Kier alpha value is -1.16. The molecule has 2 rings (SSSR count). The van der Waals surface area contributed by atoms with Gasteiger partial charge in [0.25, 0.3) is 0 Å². The highest BCUT2D eigenvalue weighted by atomic mass is 19.1. The van der Waals surface area contributed by atoms with Gasteiger partial charge in [0.1, 0.15) is 0 Å². The Bertz CT molecular complexity index is 340. The van der Waals surface area contributed by atoms with Crippen LogP contribution in [0.1, 0.15) is 32.1 Å². The summed E-state index contributed by atoms with van der Waals surface area (Å²) >= 11 is 0. The van der Waals surface area contributed by atoms with Crippen LogP contribution in [0.2, 0.25) is 0 Å². The summed E-state index contributed by atoms with van der Waals surface area (Å²) in [6.07, 6.45) is 9.17. The largest absolute Gasteiger partial charge is 0.383 e. The minimum absolute atomic E-state index is 0.302. The van der Waals surface area contributed by atoms with Crippen molar-refractivity contribution in [3.63, 3.8) is 0 Å². The lowest BCUT2D eigenvalue weighted by Crippen LogP contribution is -2.12. The molecular weight excluding hydrogens is 219 g/mol. The van der Waals surface area contributed by atoms with E-state index in [1.54, 1.807) is 12.3 Å². The SMILES string of the molecule is Fc1cnccc1NCCCOC1CCCC1. The predicted molar refractivity (Wildman–Crippen MR) is 65.5 cm³/mol. The van der Waals surface area contributed by atoms with E-state index in [0.717, 1.165) is 19.6 Å². The van der Waals surface area contributed by atoms with Gasteiger partial charge in [0.2, 0.25) is 0 Å². The van der Waals surface area contributed by atoms with Crippen LogP contribution in [0.4, 0.5) is 10.1 Å². The lowest BCUT2D eigenvalue weighted by atomic mass is 10.3. The molecule has 0 amide bonds. The zero-order valence-corrected chi connectivity index (χ0v) is 9.99. The molecule has 1 N–H and O–H groups in total. The molecule has 94 valence electrons. The van der Waals surface area contributed by atoms with E-state index < -0.39 is 0 Å². The van der Waals surface area contributed by atoms with Gasteiger partial charge in [0.15, 0.2) is 5.82 Å². The molecule has 0 aromatic carbocycles. The summed E-state index contributed by atoms with van der Waals surface area (Å²) in [4.78, 5) is 3.70. The number of nitrogens with one attached hydrogen (secondary N) is 1. The fourth-order valence-corrected chi connectivity index (χ4v) is 2.12. The second-order valence-corrected chi connectivity index (χ2v) is 4.41. The van der Waals surface area contributed by atoms with Crippen LogP contribution in [0.3, 0.4) is 0 Å². The zero-order chi connectivity index (χ0) is 11.9. The Morgan fingerprint density at radius 3 is 3.00 bits per heavy atom. The second kappa shape index (κ2) is 6.55. The fourth-order valence-electron chi connectivity index (χ4n) is 2.12. The number of aromatic nitrogens is 1. The van der Waals surface area contributed by atoms with E-state index in [0.29, 0.717) is 11.8 Å². The molecule has 1 heterocycles. The predicted octanol–water partition coefficient (Wildman–Crippen LogP) is 2.98. The second-order valence-electron chi connectivity index (χ2n) is 4.41. The third-order valence-electron chi connectivity index (χ3n) is 3.06. The average Bonchev–Trinajstić information content (AvgIpc) is 2.84. The minimum atomic E-state index is -0.302. The summed E-state index contributed by atoms with van der Waals surface area (Å²) in [6, 6.07) is 1.65. The van der Waals surface area contributed by atoms with Crippen molar-refractivity contribution < 1.29 is 9.13 Å². The van der Waals surface area contributed by atoms with Crippen LogP contribution in [-0.4, -0.2) is 24.2 Å². The standard InChI is InChI=1S/C13H19FN2O/c14-12-10-15-8-6-13(12)16-7-3-9-17-11-4-1-2-5-11/h6,8,10-11H,1-5,7,9H2,(H,15,16). The third-order valence-corrected chi connectivity index (χ3v) is 3.06. The first-order valence-electron chi connectivity index (χ1n) is 6.31. The molecule has 1 aromatic rings. The molecule has 0 unspecified atom stereocenters. The van der Waals surface area contributed by atoms with E-state index in [-0.39, 0.29) is 5.82 Å². The van der Waals surface area contributed by atoms with Gasteiger partial charge in [-0.2, -0.15) is 0 Å². The summed E-state index contributed by atoms with van der Waals surface area (Å²) < 4.78 is 18.9. The fraction of sp³-hybridized carbons (Fsp3) is 0.615. The van der Waals surface area contributed by atoms with Crippen LogP contribution in [0, 0.1) is 5.82 Å². The average molecular weight is 238 g/mol. The normalized spacial score (nSPS) is 16.3. The van der Waals surface area contributed by atoms with Crippen LogP contribution < -0.4 is 5.32 Å². The molecule has 17 heavy (non-hydrogen) atoms. The highest BCUT2D eigenvalue weighted by molar-refractivity contribution is 5.42. The summed E-state index contributed by atoms with van der Waals surface area (Å²) in [6.45, 7) is 1.48. The summed E-state index contributed by atoms with van der Waals surface area (Å²) in [7, 11) is 0. The van der Waals surface area contributed by atoms with E-state index in [4.69, 9.17) is 4.74 Å². The summed E-state index contributed by atoms with van der Waals surface area (Å²) in [5.74, 6) is -0.302. The lowest BCUT2D eigenvalue weighted by molar-refractivity contribution is 0.0583. The molecule has 0 bridgehead atoms. The molecule has 0 saturated heterocycles. The number of hydrogen-bond acceptors (Lipinski definition) is 3. The zero-order valence-electron chi connectivity index (χ0n) is 9.99. The number of nitrogens with zero attached hydrogens (tertiary/aromatic N) is 1. The van der Waals surface area contributed by atoms with E-state index in [9.17, 15) is 4.39 Å². The molecule has 0 spiro atoms. The number of rotatable bonds is 6. The van der Waals surface area contributed by atoms with Crippen molar-refractivity contribution >= 4 is 5.69 Å². The molecule has 1 fully saturated rings. The molecule has 1 aliphatic carbocycles. The maximum atomic E-state index is 13.2. The van der Waals surface area contributed by atoms with E-state index in [1.165, 1.54) is 31.9 Å². The van der Waals surface area contributed by atoms with E-state index >= 15 is 0 Å². The first-order valence-corrected chi connectivity index (χ1v) is 6.31. The van der Waals surface area contributed by atoms with E-state index in [2.05, 4.69) is 10.3 Å². The van der Waals surface area contributed by atoms with Crippen molar-refractivity contribution in [2.75, 3.05) is 18.5 Å². The maximum absolute atomic E-state index is 13.2. The summed E-state index contributed by atoms with van der Waals surface area (Å²) in [5.41, 5.74) is 0.515. The van der Waals surface area contributed by atoms with Gasteiger partial charge in [-0.15, -0.1) is 0 Å². The Balaban J connectivity index is 1.58. The van der Waals surface area contributed by atoms with Gasteiger partial charge >= 0.3 is 0 Å². The van der Waals surface area contributed by atoms with Gasteiger partial charge in [0.05, 0.1) is 18.0 Å². The number of hydrogen-bond donors (Lipinski definition) is 1. The van der Waals surface area contributed by atoms with Gasteiger partial charge < -0.3 is 10.1 Å². The molecule has 1 aromatic heterocycles. The Morgan fingerprint density at radius 2 is 2.24 bits per heavy atom. The molecule has 0 radical (unpaired) electrons. The molecule has 1 saturated carbocycles. The van der Waals surface area contributed by atoms with Gasteiger partial charge in [0, 0.05) is 19.3 Å². The van der Waals surface area contributed by atoms with Crippen LogP contribution >= 0.6 is 0 Å².